The summed E-state index contributed by atoms with van der Waals surface area (Å²) >= 11 is 1.22. The summed E-state index contributed by atoms with van der Waals surface area (Å²) in [4.78, 5) is 28.6. The van der Waals surface area contributed by atoms with E-state index in [-0.39, 0.29) is 6.42 Å². The second-order valence-electron chi connectivity index (χ2n) is 6.81. The summed E-state index contributed by atoms with van der Waals surface area (Å²) in [5.41, 5.74) is -1.36. The fraction of sp³-hybridized carbons (Fsp3) is 0.190. The number of rotatable bonds is 7. The van der Waals surface area contributed by atoms with Crippen LogP contribution in [0.5, 0.6) is 0 Å². The van der Waals surface area contributed by atoms with Crippen molar-refractivity contribution in [2.75, 3.05) is 0 Å². The van der Waals surface area contributed by atoms with Crippen molar-refractivity contribution < 1.29 is 27.9 Å². The lowest BCUT2D eigenvalue weighted by atomic mass is 9.77. The molecule has 3 rings (SSSR count). The Morgan fingerprint density at radius 3 is 2.52 bits per heavy atom. The number of ketones is 1. The van der Waals surface area contributed by atoms with E-state index in [0.29, 0.717) is 16.3 Å². The maximum Gasteiger partial charge on any atom is 0.314 e. The number of halogens is 3. The Bertz CT molecular complexity index is 1080. The maximum absolute atomic E-state index is 14.1. The second kappa shape index (κ2) is 8.16. The number of nitrogens with zero attached hydrogens (tertiary/aromatic N) is 1. The van der Waals surface area contributed by atoms with Crippen LogP contribution in [0.3, 0.4) is 0 Å². The van der Waals surface area contributed by atoms with Gasteiger partial charge in [-0.2, -0.15) is 0 Å². The Hall–Kier alpha value is -3.00. The normalized spacial score (nSPS) is 13.1. The molecule has 150 valence electrons. The zero-order chi connectivity index (χ0) is 21.2. The van der Waals surface area contributed by atoms with E-state index in [1.807, 2.05) is 0 Å². The minimum absolute atomic E-state index is 0.175. The Morgan fingerprint density at radius 1 is 1.10 bits per heavy atom. The van der Waals surface area contributed by atoms with Crippen LogP contribution < -0.4 is 0 Å². The fourth-order valence-corrected chi connectivity index (χ4v) is 3.82. The van der Waals surface area contributed by atoms with Gasteiger partial charge >= 0.3 is 5.97 Å². The van der Waals surface area contributed by atoms with Crippen molar-refractivity contribution in [2.45, 2.75) is 25.2 Å². The molecule has 1 aromatic heterocycles. The van der Waals surface area contributed by atoms with Gasteiger partial charge in [0.15, 0.2) is 0 Å². The Morgan fingerprint density at radius 2 is 1.83 bits per heavy atom. The lowest BCUT2D eigenvalue weighted by Crippen LogP contribution is -2.36. The third-order valence-electron chi connectivity index (χ3n) is 4.55. The number of Topliss-reactive ketones (excluding diaryl/α,β-unsaturated/α-hetero) is 1. The number of hydrogen-bond donors (Lipinski definition) is 1. The van der Waals surface area contributed by atoms with Gasteiger partial charge in [-0.05, 0) is 37.3 Å². The monoisotopic (exact) mass is 419 g/mol. The van der Waals surface area contributed by atoms with E-state index in [9.17, 15) is 27.9 Å². The molecule has 0 aliphatic carbocycles. The highest BCUT2D eigenvalue weighted by Crippen LogP contribution is 2.32. The number of carboxylic acid groups (broad SMARTS) is 1. The van der Waals surface area contributed by atoms with Crippen LogP contribution in [0.4, 0.5) is 13.2 Å². The largest absolute Gasteiger partial charge is 0.481 e. The van der Waals surface area contributed by atoms with Gasteiger partial charge in [0.05, 0.1) is 11.1 Å². The Labute approximate surface area is 168 Å². The predicted octanol–water partition coefficient (Wildman–Crippen LogP) is 4.77. The quantitative estimate of drug-likeness (QED) is 0.599. The number of aromatic nitrogens is 1. The molecule has 8 heteroatoms. The van der Waals surface area contributed by atoms with E-state index >= 15 is 0 Å². The van der Waals surface area contributed by atoms with Crippen LogP contribution in [0.1, 0.15) is 24.6 Å². The molecule has 1 heterocycles. The zero-order valence-corrected chi connectivity index (χ0v) is 16.1. The van der Waals surface area contributed by atoms with Crippen LogP contribution in [-0.2, 0) is 21.4 Å². The first-order valence-electron chi connectivity index (χ1n) is 8.60. The number of benzene rings is 2. The molecule has 0 saturated carbocycles. The van der Waals surface area contributed by atoms with Gasteiger partial charge in [-0.1, -0.05) is 12.1 Å². The summed E-state index contributed by atoms with van der Waals surface area (Å²) < 4.78 is 41.0. The predicted molar refractivity (Wildman–Crippen MR) is 102 cm³/mol. The highest BCUT2D eigenvalue weighted by Gasteiger charge is 2.40. The molecule has 3 aromatic rings. The van der Waals surface area contributed by atoms with E-state index in [1.165, 1.54) is 30.4 Å². The molecule has 0 aliphatic rings. The van der Waals surface area contributed by atoms with Crippen LogP contribution >= 0.6 is 11.3 Å². The molecule has 0 saturated heterocycles. The number of thiazole rings is 1. The van der Waals surface area contributed by atoms with Gasteiger partial charge in [0.1, 0.15) is 28.2 Å². The number of carboxylic acids is 1. The highest BCUT2D eigenvalue weighted by atomic mass is 32.1. The van der Waals surface area contributed by atoms with E-state index < -0.39 is 46.6 Å². The number of aliphatic carboxylic acids is 1. The minimum Gasteiger partial charge on any atom is -0.481 e. The molecule has 4 nitrogen and oxygen atoms in total. The molecule has 1 N–H and O–H groups in total. The average Bonchev–Trinajstić information content (AvgIpc) is 3.11. The molecule has 2 aromatic carbocycles. The van der Waals surface area contributed by atoms with Crippen LogP contribution in [0, 0.1) is 17.5 Å². The first kappa shape index (κ1) is 20.7. The molecule has 0 fully saturated rings. The van der Waals surface area contributed by atoms with Gasteiger partial charge < -0.3 is 5.11 Å². The molecule has 1 atom stereocenters. The van der Waals surface area contributed by atoms with Crippen molar-refractivity contribution in [1.29, 1.82) is 0 Å². The van der Waals surface area contributed by atoms with Crippen molar-refractivity contribution in [1.82, 2.24) is 4.98 Å². The van der Waals surface area contributed by atoms with Gasteiger partial charge in [0.25, 0.3) is 0 Å². The molecule has 29 heavy (non-hydrogen) atoms. The summed E-state index contributed by atoms with van der Waals surface area (Å²) in [7, 11) is 0. The van der Waals surface area contributed by atoms with E-state index in [4.69, 9.17) is 0 Å². The van der Waals surface area contributed by atoms with E-state index in [1.54, 1.807) is 17.5 Å². The number of hydrogen-bond acceptors (Lipinski definition) is 4. The zero-order valence-electron chi connectivity index (χ0n) is 15.3. The molecular formula is C21H16F3NO3S. The average molecular weight is 419 g/mol. The first-order valence-corrected chi connectivity index (χ1v) is 9.48. The molecule has 0 aliphatic heterocycles. The molecule has 0 bridgehead atoms. The number of carbonyl (C=O) groups is 2. The second-order valence-corrected chi connectivity index (χ2v) is 7.67. The van der Waals surface area contributed by atoms with E-state index in [2.05, 4.69) is 4.98 Å². The molecule has 0 radical (unpaired) electrons. The molecule has 1 unspecified atom stereocenters. The van der Waals surface area contributed by atoms with Crippen molar-refractivity contribution >= 4 is 23.1 Å². The molecule has 0 spiro atoms. The summed E-state index contributed by atoms with van der Waals surface area (Å²) in [5.74, 6) is -4.03. The van der Waals surface area contributed by atoms with E-state index in [0.717, 1.165) is 18.2 Å². The van der Waals surface area contributed by atoms with Gasteiger partial charge in [-0.25, -0.2) is 18.2 Å². The van der Waals surface area contributed by atoms with Gasteiger partial charge in [0, 0.05) is 29.3 Å². The van der Waals surface area contributed by atoms with Crippen LogP contribution in [0.25, 0.3) is 10.6 Å². The lowest BCUT2D eigenvalue weighted by Gasteiger charge is -2.25. The SMILES string of the molecule is CC(CC(=O)Cc1csc(-c2cccc(F)c2)n1)(C(=O)O)c1cc(F)ccc1F. The summed E-state index contributed by atoms with van der Waals surface area (Å²) in [6.07, 6.45) is -0.707. The highest BCUT2D eigenvalue weighted by molar-refractivity contribution is 7.13. The van der Waals surface area contributed by atoms with Gasteiger partial charge in [-0.3, -0.25) is 9.59 Å². The molecular weight excluding hydrogens is 403 g/mol. The van der Waals surface area contributed by atoms with Crippen molar-refractivity contribution in [2.24, 2.45) is 0 Å². The third kappa shape index (κ3) is 4.54. The van der Waals surface area contributed by atoms with Crippen molar-refractivity contribution in [3.63, 3.8) is 0 Å². The van der Waals surface area contributed by atoms with Crippen molar-refractivity contribution in [3.05, 3.63) is 76.6 Å². The Balaban J connectivity index is 1.80. The number of carbonyl (C=O) groups excluding carboxylic acids is 1. The Kier molecular flexibility index (Phi) is 5.83. The van der Waals surface area contributed by atoms with Gasteiger partial charge in [0.2, 0.25) is 0 Å². The van der Waals surface area contributed by atoms with Gasteiger partial charge in [-0.15, -0.1) is 11.3 Å². The topological polar surface area (TPSA) is 67.3 Å². The van der Waals surface area contributed by atoms with Crippen LogP contribution in [0.15, 0.2) is 47.8 Å². The third-order valence-corrected chi connectivity index (χ3v) is 5.49. The van der Waals surface area contributed by atoms with Crippen molar-refractivity contribution in [3.8, 4) is 10.6 Å². The lowest BCUT2D eigenvalue weighted by molar-refractivity contribution is -0.145. The summed E-state index contributed by atoms with van der Waals surface area (Å²) in [6, 6.07) is 8.36. The minimum atomic E-state index is -1.93. The fourth-order valence-electron chi connectivity index (χ4n) is 3.01. The molecule has 0 amide bonds. The summed E-state index contributed by atoms with van der Waals surface area (Å²) in [5, 5.41) is 11.7. The van der Waals surface area contributed by atoms with Crippen LogP contribution in [-0.4, -0.2) is 21.8 Å². The van der Waals surface area contributed by atoms with Crippen LogP contribution in [0.2, 0.25) is 0 Å². The first-order chi connectivity index (χ1) is 13.7. The summed E-state index contributed by atoms with van der Waals surface area (Å²) in [6.45, 7) is 1.18. The smallest absolute Gasteiger partial charge is 0.314 e. The standard InChI is InChI=1S/C21H16F3NO3S/c1-21(20(27)28,17-8-14(23)5-6-18(17)24)10-16(26)9-15-11-29-19(25-15)12-3-2-4-13(22)7-12/h2-8,11H,9-10H2,1H3,(H,27,28). The maximum atomic E-state index is 14.1.